The molecule has 1 N–H and O–H groups in total. The Hall–Kier alpha value is -2.13. The van der Waals surface area contributed by atoms with Gasteiger partial charge in [-0.3, -0.25) is 4.79 Å². The fraction of sp³-hybridized carbons (Fsp3) is 0.188. The van der Waals surface area contributed by atoms with Crippen LogP contribution < -0.4 is 5.32 Å². The molecule has 1 aliphatic heterocycles. The topological polar surface area (TPSA) is 41.6 Å². The van der Waals surface area contributed by atoms with Gasteiger partial charge in [-0.15, -0.1) is 0 Å². The van der Waals surface area contributed by atoms with E-state index in [0.717, 1.165) is 17.7 Å². The van der Waals surface area contributed by atoms with E-state index < -0.39 is 0 Å². The summed E-state index contributed by atoms with van der Waals surface area (Å²) in [4.78, 5) is 11.9. The molecule has 1 saturated heterocycles. The second-order valence-corrected chi connectivity index (χ2v) is 4.61. The van der Waals surface area contributed by atoms with Gasteiger partial charge < -0.3 is 10.1 Å². The van der Waals surface area contributed by atoms with Crippen molar-refractivity contribution in [1.29, 1.82) is 0 Å². The van der Waals surface area contributed by atoms with Gasteiger partial charge in [0, 0.05) is 12.1 Å². The third-order valence-electron chi connectivity index (χ3n) is 3.15. The average Bonchev–Trinajstić information content (AvgIpc) is 3.30. The Balaban J connectivity index is 1.69. The lowest BCUT2D eigenvalue weighted by molar-refractivity contribution is 0.0950. The largest absolute Gasteiger partial charge is 0.371 e. The summed E-state index contributed by atoms with van der Waals surface area (Å²) < 4.78 is 5.06. The quantitative estimate of drug-likeness (QED) is 0.850. The first-order valence-corrected chi connectivity index (χ1v) is 6.38. The van der Waals surface area contributed by atoms with Crippen molar-refractivity contribution in [1.82, 2.24) is 5.32 Å². The lowest BCUT2D eigenvalue weighted by Gasteiger charge is -2.05. The molecule has 1 unspecified atom stereocenters. The van der Waals surface area contributed by atoms with Crippen molar-refractivity contribution in [2.75, 3.05) is 13.2 Å². The third kappa shape index (κ3) is 3.01. The number of hydrogen-bond donors (Lipinski definition) is 1. The number of nitrogens with one attached hydrogen (secondary N) is 1. The Morgan fingerprint density at radius 1 is 1.05 bits per heavy atom. The summed E-state index contributed by atoms with van der Waals surface area (Å²) in [5, 5.41) is 2.86. The van der Waals surface area contributed by atoms with E-state index in [9.17, 15) is 4.79 Å². The molecule has 0 saturated carbocycles. The Morgan fingerprint density at radius 3 is 2.32 bits per heavy atom. The minimum absolute atomic E-state index is 0.0462. The van der Waals surface area contributed by atoms with Crippen LogP contribution in [-0.2, 0) is 4.74 Å². The van der Waals surface area contributed by atoms with Gasteiger partial charge in [0.25, 0.3) is 5.91 Å². The maximum absolute atomic E-state index is 11.9. The summed E-state index contributed by atoms with van der Waals surface area (Å²) in [6.07, 6.45) is 0.215. The normalized spacial score (nSPS) is 16.9. The lowest BCUT2D eigenvalue weighted by Crippen LogP contribution is -2.27. The van der Waals surface area contributed by atoms with E-state index in [2.05, 4.69) is 17.4 Å². The number of amides is 1. The molecule has 3 rings (SSSR count). The zero-order valence-corrected chi connectivity index (χ0v) is 10.5. The van der Waals surface area contributed by atoms with Crippen molar-refractivity contribution in [3.63, 3.8) is 0 Å². The standard InChI is InChI=1S/C16H15NO2/c18-16(17-10-15-11-19-15)14-8-6-13(7-9-14)12-4-2-1-3-5-12/h1-9,15H,10-11H2,(H,17,18). The lowest BCUT2D eigenvalue weighted by atomic mass is 10.0. The van der Waals surface area contributed by atoms with E-state index in [4.69, 9.17) is 4.74 Å². The second kappa shape index (κ2) is 5.24. The molecule has 3 heteroatoms. The van der Waals surface area contributed by atoms with Gasteiger partial charge in [0.2, 0.25) is 0 Å². The summed E-state index contributed by atoms with van der Waals surface area (Å²) in [6.45, 7) is 1.35. The molecule has 1 amide bonds. The highest BCUT2D eigenvalue weighted by Gasteiger charge is 2.22. The van der Waals surface area contributed by atoms with Crippen molar-refractivity contribution < 1.29 is 9.53 Å². The van der Waals surface area contributed by atoms with Crippen LogP contribution in [0, 0.1) is 0 Å². The van der Waals surface area contributed by atoms with Crippen molar-refractivity contribution in [2.24, 2.45) is 0 Å². The highest BCUT2D eigenvalue weighted by molar-refractivity contribution is 5.94. The first kappa shape index (κ1) is 11.9. The molecule has 0 bridgehead atoms. The number of hydrogen-bond acceptors (Lipinski definition) is 2. The molecule has 2 aromatic rings. The first-order valence-electron chi connectivity index (χ1n) is 6.38. The highest BCUT2D eigenvalue weighted by atomic mass is 16.6. The molecular weight excluding hydrogens is 238 g/mol. The molecule has 0 spiro atoms. The molecule has 19 heavy (non-hydrogen) atoms. The predicted octanol–water partition coefficient (Wildman–Crippen LogP) is 2.48. The predicted molar refractivity (Wildman–Crippen MR) is 74.0 cm³/mol. The molecule has 0 aromatic heterocycles. The maximum Gasteiger partial charge on any atom is 0.251 e. The van der Waals surface area contributed by atoms with Crippen LogP contribution in [0.15, 0.2) is 54.6 Å². The highest BCUT2D eigenvalue weighted by Crippen LogP contribution is 2.19. The van der Waals surface area contributed by atoms with E-state index in [-0.39, 0.29) is 12.0 Å². The Kier molecular flexibility index (Phi) is 3.29. The van der Waals surface area contributed by atoms with Crippen molar-refractivity contribution in [3.05, 3.63) is 60.2 Å². The van der Waals surface area contributed by atoms with Crippen LogP contribution in [0.25, 0.3) is 11.1 Å². The molecule has 1 heterocycles. The van der Waals surface area contributed by atoms with Gasteiger partial charge in [0.1, 0.15) is 0 Å². The minimum atomic E-state index is -0.0462. The molecule has 0 radical (unpaired) electrons. The summed E-state index contributed by atoms with van der Waals surface area (Å²) in [7, 11) is 0. The molecule has 1 aliphatic rings. The third-order valence-corrected chi connectivity index (χ3v) is 3.15. The van der Waals surface area contributed by atoms with E-state index in [1.165, 1.54) is 0 Å². The number of benzene rings is 2. The van der Waals surface area contributed by atoms with Crippen LogP contribution in [0.3, 0.4) is 0 Å². The van der Waals surface area contributed by atoms with Gasteiger partial charge in [-0.05, 0) is 23.3 Å². The van der Waals surface area contributed by atoms with Crippen LogP contribution in [0.5, 0.6) is 0 Å². The van der Waals surface area contributed by atoms with Gasteiger partial charge in [-0.1, -0.05) is 42.5 Å². The fourth-order valence-corrected chi connectivity index (χ4v) is 1.94. The average molecular weight is 253 g/mol. The van der Waals surface area contributed by atoms with Gasteiger partial charge in [-0.2, -0.15) is 0 Å². The molecule has 3 nitrogen and oxygen atoms in total. The zero-order chi connectivity index (χ0) is 13.1. The Morgan fingerprint density at radius 2 is 1.68 bits per heavy atom. The summed E-state index contributed by atoms with van der Waals surface area (Å²) in [5.74, 6) is -0.0462. The molecule has 1 atom stereocenters. The summed E-state index contributed by atoms with van der Waals surface area (Å²) in [5.41, 5.74) is 2.95. The fourth-order valence-electron chi connectivity index (χ4n) is 1.94. The number of ether oxygens (including phenoxy) is 1. The monoisotopic (exact) mass is 253 g/mol. The van der Waals surface area contributed by atoms with E-state index >= 15 is 0 Å². The number of carbonyl (C=O) groups is 1. The van der Waals surface area contributed by atoms with Crippen LogP contribution in [0.4, 0.5) is 0 Å². The molecule has 0 aliphatic carbocycles. The van der Waals surface area contributed by atoms with E-state index in [1.54, 1.807) is 0 Å². The molecular formula is C16H15NO2. The Bertz CT molecular complexity index is 559. The number of carbonyl (C=O) groups excluding carboxylic acids is 1. The zero-order valence-electron chi connectivity index (χ0n) is 10.5. The van der Waals surface area contributed by atoms with Crippen LogP contribution >= 0.6 is 0 Å². The van der Waals surface area contributed by atoms with Gasteiger partial charge in [0.05, 0.1) is 12.7 Å². The smallest absolute Gasteiger partial charge is 0.251 e. The van der Waals surface area contributed by atoms with Crippen LogP contribution in [0.1, 0.15) is 10.4 Å². The van der Waals surface area contributed by atoms with E-state index in [1.807, 2.05) is 42.5 Å². The molecule has 1 fully saturated rings. The van der Waals surface area contributed by atoms with Crippen LogP contribution in [-0.4, -0.2) is 25.2 Å². The van der Waals surface area contributed by atoms with Gasteiger partial charge in [0.15, 0.2) is 0 Å². The second-order valence-electron chi connectivity index (χ2n) is 4.61. The molecule has 96 valence electrons. The summed E-state index contributed by atoms with van der Waals surface area (Å²) in [6, 6.07) is 17.8. The summed E-state index contributed by atoms with van der Waals surface area (Å²) >= 11 is 0. The molecule has 2 aromatic carbocycles. The van der Waals surface area contributed by atoms with Crippen LogP contribution in [0.2, 0.25) is 0 Å². The first-order chi connectivity index (χ1) is 9.33. The number of rotatable bonds is 4. The van der Waals surface area contributed by atoms with Crippen molar-refractivity contribution >= 4 is 5.91 Å². The van der Waals surface area contributed by atoms with Gasteiger partial charge in [-0.25, -0.2) is 0 Å². The van der Waals surface area contributed by atoms with Gasteiger partial charge >= 0.3 is 0 Å². The van der Waals surface area contributed by atoms with Crippen molar-refractivity contribution in [3.8, 4) is 11.1 Å². The van der Waals surface area contributed by atoms with Crippen molar-refractivity contribution in [2.45, 2.75) is 6.10 Å². The SMILES string of the molecule is O=C(NCC1CO1)c1ccc(-c2ccccc2)cc1. The van der Waals surface area contributed by atoms with E-state index in [0.29, 0.717) is 12.1 Å². The Labute approximate surface area is 112 Å². The minimum Gasteiger partial charge on any atom is -0.371 e. The maximum atomic E-state index is 11.9. The number of epoxide rings is 1.